The molecule has 3 heterocycles. The van der Waals surface area contributed by atoms with Gasteiger partial charge in [0.15, 0.2) is 0 Å². The van der Waals surface area contributed by atoms with Crippen molar-refractivity contribution < 1.29 is 9.47 Å². The molecule has 0 aromatic heterocycles. The Balaban J connectivity index is 1.32. The molecule has 222 valence electrons. The first-order chi connectivity index (χ1) is 23.2. The fourth-order valence-electron chi connectivity index (χ4n) is 7.22. The third-order valence-electron chi connectivity index (χ3n) is 9.41. The zero-order valence-corrected chi connectivity index (χ0v) is 29.1. The van der Waals surface area contributed by atoms with Crippen LogP contribution in [0.15, 0.2) is 152 Å². The molecular formula is C43H28BiNO2. The SMILES string of the molecule is Cc1ccc(N2c3ccc(-c4ccccc4)c4[c]3[Bi]3[c]5c(cc(-c6ccccc6)cc5Oc5c(-c6ccccc6)ccc2[c]53)O4)cc1. The Morgan fingerprint density at radius 3 is 1.40 bits per heavy atom. The van der Waals surface area contributed by atoms with E-state index in [1.54, 1.807) is 0 Å². The molecule has 47 heavy (non-hydrogen) atoms. The Morgan fingerprint density at radius 1 is 0.447 bits per heavy atom. The Labute approximate surface area is 282 Å². The summed E-state index contributed by atoms with van der Waals surface area (Å²) in [6.45, 7) is 2.14. The molecule has 3 nitrogen and oxygen atoms in total. The molecule has 4 heteroatoms. The number of nitrogens with zero attached hydrogens (tertiary/aromatic N) is 1. The van der Waals surface area contributed by atoms with E-state index in [0.29, 0.717) is 0 Å². The molecule has 0 atom stereocenters. The van der Waals surface area contributed by atoms with E-state index in [0.717, 1.165) is 62.1 Å². The van der Waals surface area contributed by atoms with Crippen LogP contribution in [0.5, 0.6) is 23.0 Å². The Morgan fingerprint density at radius 2 is 0.915 bits per heavy atom. The molecule has 0 amide bonds. The second kappa shape index (κ2) is 10.4. The molecule has 0 N–H and O–H groups in total. The summed E-state index contributed by atoms with van der Waals surface area (Å²) in [7, 11) is 0. The molecule has 0 unspecified atom stereocenters. The quantitative estimate of drug-likeness (QED) is 0.166. The fraction of sp³-hybridized carbons (Fsp3) is 0.0233. The van der Waals surface area contributed by atoms with E-state index in [1.807, 2.05) is 0 Å². The van der Waals surface area contributed by atoms with Gasteiger partial charge in [0.1, 0.15) is 0 Å². The molecule has 0 radical (unpaired) electrons. The number of rotatable bonds is 4. The maximum absolute atomic E-state index is 7.16. The molecule has 7 aromatic rings. The van der Waals surface area contributed by atoms with Crippen molar-refractivity contribution >= 4 is 48.6 Å². The van der Waals surface area contributed by atoms with E-state index in [4.69, 9.17) is 9.47 Å². The molecule has 7 aromatic carbocycles. The van der Waals surface area contributed by atoms with E-state index in [-0.39, 0.29) is 0 Å². The molecule has 0 fully saturated rings. The molecule has 0 saturated heterocycles. The maximum atomic E-state index is 7.16. The molecule has 0 saturated carbocycles. The summed E-state index contributed by atoms with van der Waals surface area (Å²) in [4.78, 5) is 2.44. The summed E-state index contributed by atoms with van der Waals surface area (Å²) in [5.41, 5.74) is 11.7. The van der Waals surface area contributed by atoms with Crippen molar-refractivity contribution in [1.29, 1.82) is 0 Å². The van der Waals surface area contributed by atoms with E-state index in [1.165, 1.54) is 26.8 Å². The average molecular weight is 800 g/mol. The van der Waals surface area contributed by atoms with Crippen LogP contribution in [0.2, 0.25) is 0 Å². The molecule has 0 bridgehead atoms. The van der Waals surface area contributed by atoms with Crippen LogP contribution in [0.4, 0.5) is 17.1 Å². The van der Waals surface area contributed by atoms with Crippen LogP contribution in [-0.2, 0) is 0 Å². The minimum absolute atomic E-state index is 0.937. The first-order valence-corrected chi connectivity index (χ1v) is 21.2. The van der Waals surface area contributed by atoms with Gasteiger partial charge in [-0.3, -0.25) is 0 Å². The van der Waals surface area contributed by atoms with Crippen molar-refractivity contribution in [3.8, 4) is 56.4 Å². The average Bonchev–Trinajstić information content (AvgIpc) is 3.13. The predicted octanol–water partition coefficient (Wildman–Crippen LogP) is 9.51. The van der Waals surface area contributed by atoms with Crippen LogP contribution >= 0.6 is 0 Å². The molecule has 3 aliphatic rings. The summed E-state index contributed by atoms with van der Waals surface area (Å²) in [6, 6.07) is 54.4. The monoisotopic (exact) mass is 799 g/mol. The topological polar surface area (TPSA) is 21.7 Å². The van der Waals surface area contributed by atoms with Crippen LogP contribution in [-0.4, -0.2) is 21.8 Å². The van der Waals surface area contributed by atoms with Crippen molar-refractivity contribution in [3.05, 3.63) is 157 Å². The van der Waals surface area contributed by atoms with Crippen molar-refractivity contribution in [2.24, 2.45) is 0 Å². The summed E-state index contributed by atoms with van der Waals surface area (Å²) < 4.78 is 18.4. The fourth-order valence-corrected chi connectivity index (χ4v) is 18.4. The van der Waals surface area contributed by atoms with Gasteiger partial charge in [0.25, 0.3) is 0 Å². The van der Waals surface area contributed by atoms with Gasteiger partial charge in [-0.25, -0.2) is 0 Å². The van der Waals surface area contributed by atoms with Crippen molar-refractivity contribution in [1.82, 2.24) is 0 Å². The second-order valence-corrected chi connectivity index (χ2v) is 20.1. The normalized spacial score (nSPS) is 13.4. The summed E-state index contributed by atoms with van der Waals surface area (Å²) in [5, 5.41) is 0. The number of aryl methyl sites for hydroxylation is 1. The first-order valence-electron chi connectivity index (χ1n) is 15.9. The van der Waals surface area contributed by atoms with Gasteiger partial charge in [-0.1, -0.05) is 0 Å². The third-order valence-corrected chi connectivity index (χ3v) is 19.7. The molecular weight excluding hydrogens is 771 g/mol. The summed E-state index contributed by atoms with van der Waals surface area (Å²) >= 11 is -3.06. The molecule has 3 aliphatic heterocycles. The van der Waals surface area contributed by atoms with Gasteiger partial charge in [-0.15, -0.1) is 0 Å². The number of ether oxygens (including phenoxy) is 2. The number of benzene rings is 7. The second-order valence-electron chi connectivity index (χ2n) is 12.2. The van der Waals surface area contributed by atoms with Crippen LogP contribution in [0.1, 0.15) is 5.56 Å². The summed E-state index contributed by atoms with van der Waals surface area (Å²) in [5.74, 6) is 3.87. The summed E-state index contributed by atoms with van der Waals surface area (Å²) in [6.07, 6.45) is 0. The standard InChI is InChI=1S/C43H28NO2.Bi/c1-30-17-19-35(20-18-30)44-36-21-23-40(32-13-7-3-8-14-32)42(27-36)45-38-25-34(31-11-5-2-6-12-31)26-39(29-38)46-43-28-37(44)22-24-41(43)33-15-9-4-10-16-33;/h2-26H,1H3;. The van der Waals surface area contributed by atoms with Gasteiger partial charge in [0.05, 0.1) is 0 Å². The van der Waals surface area contributed by atoms with Crippen molar-refractivity contribution in [3.63, 3.8) is 0 Å². The Hall–Kier alpha value is -5.18. The van der Waals surface area contributed by atoms with Gasteiger partial charge in [-0.2, -0.15) is 0 Å². The van der Waals surface area contributed by atoms with Crippen LogP contribution < -0.4 is 24.2 Å². The Bertz CT molecular complexity index is 2230. The number of anilines is 3. The van der Waals surface area contributed by atoms with E-state index < -0.39 is 21.8 Å². The van der Waals surface area contributed by atoms with Gasteiger partial charge in [0, 0.05) is 0 Å². The minimum atomic E-state index is -3.06. The zero-order chi connectivity index (χ0) is 31.1. The van der Waals surface area contributed by atoms with Crippen LogP contribution in [0.25, 0.3) is 33.4 Å². The van der Waals surface area contributed by atoms with Crippen LogP contribution in [0, 0.1) is 6.92 Å². The molecule has 0 aliphatic carbocycles. The van der Waals surface area contributed by atoms with Crippen LogP contribution in [0.3, 0.4) is 0 Å². The molecule has 0 spiro atoms. The van der Waals surface area contributed by atoms with Gasteiger partial charge < -0.3 is 0 Å². The third kappa shape index (κ3) is 4.08. The van der Waals surface area contributed by atoms with Crippen molar-refractivity contribution in [2.75, 3.05) is 4.90 Å². The zero-order valence-electron chi connectivity index (χ0n) is 25.6. The van der Waals surface area contributed by atoms with Gasteiger partial charge in [0.2, 0.25) is 0 Å². The van der Waals surface area contributed by atoms with E-state index in [2.05, 4.69) is 163 Å². The van der Waals surface area contributed by atoms with Gasteiger partial charge >= 0.3 is 284 Å². The first kappa shape index (κ1) is 27.0. The van der Waals surface area contributed by atoms with E-state index >= 15 is 0 Å². The number of hydrogen-bond donors (Lipinski definition) is 0. The van der Waals surface area contributed by atoms with E-state index in [9.17, 15) is 0 Å². The van der Waals surface area contributed by atoms with Gasteiger partial charge in [-0.05, 0) is 0 Å². The molecule has 10 rings (SSSR count). The number of hydrogen-bond acceptors (Lipinski definition) is 3. The Kier molecular flexibility index (Phi) is 5.98. The predicted molar refractivity (Wildman–Crippen MR) is 193 cm³/mol. The van der Waals surface area contributed by atoms with Crippen molar-refractivity contribution in [2.45, 2.75) is 6.92 Å².